The van der Waals surface area contributed by atoms with Crippen molar-refractivity contribution < 1.29 is 0 Å². The van der Waals surface area contributed by atoms with Gasteiger partial charge < -0.3 is 0 Å². The summed E-state index contributed by atoms with van der Waals surface area (Å²) in [7, 11) is 0. The normalized spacial score (nSPS) is 15.9. The number of rotatable bonds is 2. The monoisotopic (exact) mass is 225 g/mol. The number of para-hydroxylation sites is 1. The van der Waals surface area contributed by atoms with E-state index in [1.54, 1.807) is 0 Å². The van der Waals surface area contributed by atoms with Gasteiger partial charge in [-0.3, -0.25) is 0 Å². The highest BCUT2D eigenvalue weighted by Gasteiger charge is 2.12. The Balaban J connectivity index is 2.03. The third-order valence-electron chi connectivity index (χ3n) is 3.27. The molecule has 1 aliphatic carbocycles. The highest BCUT2D eigenvalue weighted by molar-refractivity contribution is 5.80. The predicted molar refractivity (Wildman–Crippen MR) is 69.4 cm³/mol. The first-order valence-electron chi connectivity index (χ1n) is 6.05. The fourth-order valence-electron chi connectivity index (χ4n) is 2.30. The van der Waals surface area contributed by atoms with Crippen LogP contribution in [0.1, 0.15) is 25.7 Å². The quantitative estimate of drug-likeness (QED) is 0.784. The molecule has 3 rings (SSSR count). The summed E-state index contributed by atoms with van der Waals surface area (Å²) < 4.78 is 1.85. The summed E-state index contributed by atoms with van der Waals surface area (Å²) in [5.74, 6) is 0. The number of hydrogen-bond donors (Lipinski definition) is 0. The van der Waals surface area contributed by atoms with Gasteiger partial charge in [-0.2, -0.15) is 0 Å². The van der Waals surface area contributed by atoms with Gasteiger partial charge in [0.25, 0.3) is 0 Å². The molecule has 17 heavy (non-hydrogen) atoms. The van der Waals surface area contributed by atoms with Gasteiger partial charge in [0.2, 0.25) is 0 Å². The van der Waals surface area contributed by atoms with Crippen molar-refractivity contribution in [3.63, 3.8) is 0 Å². The van der Waals surface area contributed by atoms with E-state index in [9.17, 15) is 0 Å². The van der Waals surface area contributed by atoms with Crippen molar-refractivity contribution in [2.45, 2.75) is 25.7 Å². The van der Waals surface area contributed by atoms with Crippen molar-refractivity contribution in [2.75, 3.05) is 0 Å². The van der Waals surface area contributed by atoms with Crippen LogP contribution in [0.3, 0.4) is 0 Å². The summed E-state index contributed by atoms with van der Waals surface area (Å²) in [6.45, 7) is 4.16. The van der Waals surface area contributed by atoms with E-state index in [4.69, 9.17) is 0 Å². The van der Waals surface area contributed by atoms with Crippen LogP contribution in [0.25, 0.3) is 16.7 Å². The molecule has 3 heteroatoms. The Kier molecular flexibility index (Phi) is 2.52. The molecule has 3 nitrogen and oxygen atoms in total. The predicted octanol–water partition coefficient (Wildman–Crippen LogP) is 3.40. The highest BCUT2D eigenvalue weighted by atomic mass is 15.4. The summed E-state index contributed by atoms with van der Waals surface area (Å²) in [5, 5.41) is 8.36. The average Bonchev–Trinajstić information content (AvgIpc) is 2.83. The van der Waals surface area contributed by atoms with Gasteiger partial charge in [0.15, 0.2) is 0 Å². The van der Waals surface area contributed by atoms with E-state index in [0.29, 0.717) is 0 Å². The molecule has 1 aliphatic rings. The molecule has 1 aromatic heterocycles. The maximum Gasteiger partial charge on any atom is 0.113 e. The average molecular weight is 225 g/mol. The molecule has 0 aliphatic heterocycles. The third kappa shape index (κ3) is 1.78. The molecular weight excluding hydrogens is 210 g/mol. The standard InChI is InChI=1S/C14H15N3/c1-11(12-7-3-2-4-8-12)17-14-10-6-5-9-13(14)15-16-17/h5-7,9-10H,1-4,8H2. The SMILES string of the molecule is C=C(C1=CCCCC1)n1nnc2ccccc21. The Morgan fingerprint density at radius 2 is 2.12 bits per heavy atom. The number of allylic oxidation sites excluding steroid dienone is 3. The molecule has 0 bridgehead atoms. The molecule has 86 valence electrons. The lowest BCUT2D eigenvalue weighted by Gasteiger charge is -2.15. The summed E-state index contributed by atoms with van der Waals surface area (Å²) in [5.41, 5.74) is 4.24. The minimum atomic E-state index is 0.921. The Morgan fingerprint density at radius 1 is 1.24 bits per heavy atom. The Morgan fingerprint density at radius 3 is 2.94 bits per heavy atom. The van der Waals surface area contributed by atoms with Crippen molar-refractivity contribution in [1.29, 1.82) is 0 Å². The molecular formula is C14H15N3. The van der Waals surface area contributed by atoms with Crippen LogP contribution >= 0.6 is 0 Å². The van der Waals surface area contributed by atoms with Crippen molar-refractivity contribution >= 4 is 16.7 Å². The van der Waals surface area contributed by atoms with Crippen LogP contribution in [-0.4, -0.2) is 15.0 Å². The maximum absolute atomic E-state index is 4.20. The van der Waals surface area contributed by atoms with Crippen LogP contribution in [-0.2, 0) is 0 Å². The van der Waals surface area contributed by atoms with Gasteiger partial charge in [-0.05, 0) is 43.4 Å². The first-order valence-corrected chi connectivity index (χ1v) is 6.05. The zero-order valence-electron chi connectivity index (χ0n) is 9.76. The smallest absolute Gasteiger partial charge is 0.113 e. The largest absolute Gasteiger partial charge is 0.213 e. The number of benzene rings is 1. The van der Waals surface area contributed by atoms with Crippen LogP contribution in [0, 0.1) is 0 Å². The lowest BCUT2D eigenvalue weighted by Crippen LogP contribution is -2.03. The molecule has 2 aromatic rings. The fourth-order valence-corrected chi connectivity index (χ4v) is 2.30. The van der Waals surface area contributed by atoms with Crippen LogP contribution in [0.2, 0.25) is 0 Å². The summed E-state index contributed by atoms with van der Waals surface area (Å²) in [6.07, 6.45) is 7.07. The maximum atomic E-state index is 4.20. The minimum Gasteiger partial charge on any atom is -0.213 e. The molecule has 1 heterocycles. The van der Waals surface area contributed by atoms with Gasteiger partial charge in [0.1, 0.15) is 5.52 Å². The first kappa shape index (κ1) is 10.3. The molecule has 0 atom stereocenters. The Bertz CT molecular complexity index is 592. The van der Waals surface area contributed by atoms with E-state index < -0.39 is 0 Å². The van der Waals surface area contributed by atoms with Crippen LogP contribution in [0.4, 0.5) is 0 Å². The Labute approximate surface area is 100 Å². The second-order valence-corrected chi connectivity index (χ2v) is 4.41. The van der Waals surface area contributed by atoms with Crippen LogP contribution in [0.15, 0.2) is 42.5 Å². The van der Waals surface area contributed by atoms with Gasteiger partial charge in [-0.1, -0.05) is 30.0 Å². The summed E-state index contributed by atoms with van der Waals surface area (Å²) in [6, 6.07) is 7.99. The van der Waals surface area contributed by atoms with Crippen molar-refractivity contribution in [3.8, 4) is 0 Å². The molecule has 0 saturated heterocycles. The van der Waals surface area contributed by atoms with E-state index in [1.165, 1.54) is 18.4 Å². The van der Waals surface area contributed by atoms with Crippen molar-refractivity contribution in [1.82, 2.24) is 15.0 Å². The van der Waals surface area contributed by atoms with Crippen LogP contribution < -0.4 is 0 Å². The minimum absolute atomic E-state index is 0.921. The van der Waals surface area contributed by atoms with Gasteiger partial charge in [-0.25, -0.2) is 4.68 Å². The molecule has 0 amide bonds. The summed E-state index contributed by atoms with van der Waals surface area (Å²) >= 11 is 0. The second kappa shape index (κ2) is 4.17. The molecule has 0 saturated carbocycles. The Hall–Kier alpha value is -1.90. The highest BCUT2D eigenvalue weighted by Crippen LogP contribution is 2.27. The van der Waals surface area contributed by atoms with E-state index in [-0.39, 0.29) is 0 Å². The topological polar surface area (TPSA) is 30.7 Å². The molecule has 0 radical (unpaired) electrons. The molecule has 1 aromatic carbocycles. The molecule has 0 fully saturated rings. The lowest BCUT2D eigenvalue weighted by atomic mass is 9.98. The first-order chi connectivity index (χ1) is 8.36. The lowest BCUT2D eigenvalue weighted by molar-refractivity contribution is 0.704. The van der Waals surface area contributed by atoms with E-state index >= 15 is 0 Å². The summed E-state index contributed by atoms with van der Waals surface area (Å²) in [4.78, 5) is 0. The van der Waals surface area contributed by atoms with Gasteiger partial charge in [-0.15, -0.1) is 5.10 Å². The number of hydrogen-bond acceptors (Lipinski definition) is 2. The van der Waals surface area contributed by atoms with Crippen molar-refractivity contribution in [3.05, 3.63) is 42.5 Å². The molecule has 0 unspecified atom stereocenters. The van der Waals surface area contributed by atoms with Crippen LogP contribution in [0.5, 0.6) is 0 Å². The number of fused-ring (bicyclic) bond motifs is 1. The third-order valence-corrected chi connectivity index (χ3v) is 3.27. The zero-order chi connectivity index (χ0) is 11.7. The second-order valence-electron chi connectivity index (χ2n) is 4.41. The van der Waals surface area contributed by atoms with E-state index in [0.717, 1.165) is 29.6 Å². The van der Waals surface area contributed by atoms with E-state index in [2.05, 4.69) is 23.0 Å². The number of aromatic nitrogens is 3. The van der Waals surface area contributed by atoms with Gasteiger partial charge in [0.05, 0.1) is 11.2 Å². The molecule has 0 N–H and O–H groups in total. The van der Waals surface area contributed by atoms with Crippen molar-refractivity contribution in [2.24, 2.45) is 0 Å². The molecule has 0 spiro atoms. The fraction of sp³-hybridized carbons (Fsp3) is 0.286. The van der Waals surface area contributed by atoms with Gasteiger partial charge in [0, 0.05) is 0 Å². The zero-order valence-corrected chi connectivity index (χ0v) is 9.76. The van der Waals surface area contributed by atoms with E-state index in [1.807, 2.05) is 28.9 Å². The van der Waals surface area contributed by atoms with Gasteiger partial charge >= 0.3 is 0 Å². The number of nitrogens with zero attached hydrogens (tertiary/aromatic N) is 3.